The van der Waals surface area contributed by atoms with E-state index in [9.17, 15) is 19.8 Å². The van der Waals surface area contributed by atoms with Gasteiger partial charge in [-0.2, -0.15) is 0 Å². The van der Waals surface area contributed by atoms with Gasteiger partial charge < -0.3 is 19.7 Å². The van der Waals surface area contributed by atoms with Crippen LogP contribution < -0.4 is 0 Å². The molecule has 0 unspecified atom stereocenters. The Morgan fingerprint density at radius 1 is 1.32 bits per heavy atom. The lowest BCUT2D eigenvalue weighted by Gasteiger charge is -2.41. The van der Waals surface area contributed by atoms with E-state index in [4.69, 9.17) is 9.47 Å². The van der Waals surface area contributed by atoms with Crippen molar-refractivity contribution < 1.29 is 29.3 Å². The van der Waals surface area contributed by atoms with Crippen molar-refractivity contribution in [1.29, 1.82) is 0 Å². The number of hydrogen-bond donors (Lipinski definition) is 2. The molecule has 3 atom stereocenters. The number of aromatic nitrogens is 1. The average Bonchev–Trinajstić information content (AvgIpc) is 2.54. The van der Waals surface area contributed by atoms with Crippen LogP contribution in [0.4, 0.5) is 0 Å². The zero-order valence-electron chi connectivity index (χ0n) is 14.6. The molecule has 2 rings (SSSR count). The highest BCUT2D eigenvalue weighted by Crippen LogP contribution is 2.47. The van der Waals surface area contributed by atoms with Gasteiger partial charge in [0.25, 0.3) is 0 Å². The van der Waals surface area contributed by atoms with E-state index in [1.165, 1.54) is 13.1 Å². The second-order valence-corrected chi connectivity index (χ2v) is 6.11. The number of carbonyl (C=O) groups is 2. The molecule has 0 bridgehead atoms. The summed E-state index contributed by atoms with van der Waals surface area (Å²) in [5.41, 5.74) is -1.12. The molecule has 0 fully saturated rings. The van der Waals surface area contributed by atoms with Gasteiger partial charge in [-0.3, -0.25) is 9.78 Å². The monoisotopic (exact) mass is 349 g/mol. The lowest BCUT2D eigenvalue weighted by molar-refractivity contribution is -0.160. The third-order valence-electron chi connectivity index (χ3n) is 4.23. The molecular weight excluding hydrogens is 326 g/mol. The van der Waals surface area contributed by atoms with Crippen LogP contribution in [0.5, 0.6) is 0 Å². The normalized spacial score (nSPS) is 26.2. The van der Waals surface area contributed by atoms with Crippen molar-refractivity contribution in [2.75, 3.05) is 13.2 Å². The molecule has 7 nitrogen and oxygen atoms in total. The maximum Gasteiger partial charge on any atom is 0.338 e. The third kappa shape index (κ3) is 3.82. The van der Waals surface area contributed by atoms with Gasteiger partial charge in [-0.05, 0) is 32.4 Å². The highest BCUT2D eigenvalue weighted by Gasteiger charge is 2.52. The molecule has 0 aliphatic heterocycles. The van der Waals surface area contributed by atoms with Crippen LogP contribution in [0.1, 0.15) is 38.7 Å². The minimum atomic E-state index is -1.59. The van der Waals surface area contributed by atoms with Crippen molar-refractivity contribution in [1.82, 2.24) is 4.98 Å². The summed E-state index contributed by atoms with van der Waals surface area (Å²) in [5.74, 6) is -3.66. The predicted octanol–water partition coefficient (Wildman–Crippen LogP) is 1.87. The molecule has 1 aliphatic carbocycles. The number of hydrogen-bond acceptors (Lipinski definition) is 7. The fourth-order valence-electron chi connectivity index (χ4n) is 3.24. The Labute approximate surface area is 146 Å². The summed E-state index contributed by atoms with van der Waals surface area (Å²) in [6, 6.07) is 3.33. The Morgan fingerprint density at radius 3 is 2.56 bits per heavy atom. The third-order valence-corrected chi connectivity index (χ3v) is 4.23. The Kier molecular flexibility index (Phi) is 5.79. The second-order valence-electron chi connectivity index (χ2n) is 6.11. The zero-order chi connectivity index (χ0) is 18.6. The average molecular weight is 349 g/mol. The first kappa shape index (κ1) is 18.9. The Hall–Kier alpha value is -2.41. The van der Waals surface area contributed by atoms with E-state index in [0.717, 1.165) is 0 Å². The fraction of sp³-hybridized carbons (Fsp3) is 0.500. The van der Waals surface area contributed by atoms with Crippen molar-refractivity contribution in [2.24, 2.45) is 5.92 Å². The van der Waals surface area contributed by atoms with Gasteiger partial charge in [-0.25, -0.2) is 4.79 Å². The zero-order valence-corrected chi connectivity index (χ0v) is 14.6. The Balaban J connectivity index is 2.63. The van der Waals surface area contributed by atoms with Gasteiger partial charge in [0.05, 0.1) is 30.3 Å². The molecule has 0 saturated heterocycles. The van der Waals surface area contributed by atoms with E-state index in [-0.39, 0.29) is 31.0 Å². The molecule has 1 aliphatic rings. The largest absolute Gasteiger partial charge is 0.512 e. The first-order valence-electron chi connectivity index (χ1n) is 8.21. The number of esters is 2. The molecule has 7 heteroatoms. The van der Waals surface area contributed by atoms with Crippen LogP contribution >= 0.6 is 0 Å². The molecule has 0 aromatic carbocycles. The fourth-order valence-corrected chi connectivity index (χ4v) is 3.24. The summed E-state index contributed by atoms with van der Waals surface area (Å²) < 4.78 is 10.2. The number of aliphatic hydroxyl groups excluding tert-OH is 1. The molecule has 25 heavy (non-hydrogen) atoms. The highest BCUT2D eigenvalue weighted by atomic mass is 16.5. The number of ether oxygens (including phenoxy) is 2. The Morgan fingerprint density at radius 2 is 2.00 bits per heavy atom. The van der Waals surface area contributed by atoms with Gasteiger partial charge in [0.15, 0.2) is 0 Å². The van der Waals surface area contributed by atoms with Crippen LogP contribution in [0.15, 0.2) is 35.9 Å². The first-order chi connectivity index (χ1) is 11.8. The van der Waals surface area contributed by atoms with Gasteiger partial charge >= 0.3 is 11.9 Å². The summed E-state index contributed by atoms with van der Waals surface area (Å²) in [5, 5.41) is 21.2. The second kappa shape index (κ2) is 7.65. The van der Waals surface area contributed by atoms with Crippen LogP contribution in [-0.4, -0.2) is 46.0 Å². The Bertz CT molecular complexity index is 667. The van der Waals surface area contributed by atoms with Crippen LogP contribution in [0, 0.1) is 5.92 Å². The standard InChI is InChI=1S/C18H23NO6/c1-4-24-16(21)14-12(20)9-18(3,23)15(17(22)25-5-2)13(14)11-7-6-8-19-10-11/h6-8,10,13,15,20,23H,4-5,9H2,1-3H3/t13-,15-,18+/m1/s1. The van der Waals surface area contributed by atoms with Crippen LogP contribution in [0.2, 0.25) is 0 Å². The van der Waals surface area contributed by atoms with Gasteiger partial charge in [0, 0.05) is 24.7 Å². The SMILES string of the molecule is CCOC(=O)C1=C(O)C[C@](C)(O)[C@@H](C(=O)OCC)[C@@H]1c1cccnc1. The van der Waals surface area contributed by atoms with Crippen LogP contribution in [0.3, 0.4) is 0 Å². The molecular formula is C18H23NO6. The number of pyridine rings is 1. The molecule has 136 valence electrons. The molecule has 1 heterocycles. The van der Waals surface area contributed by atoms with Crippen LogP contribution in [-0.2, 0) is 19.1 Å². The van der Waals surface area contributed by atoms with E-state index in [1.54, 1.807) is 32.2 Å². The minimum Gasteiger partial charge on any atom is -0.512 e. The molecule has 1 aromatic rings. The minimum absolute atomic E-state index is 0.0422. The maximum atomic E-state index is 12.6. The number of aliphatic hydroxyl groups is 2. The van der Waals surface area contributed by atoms with E-state index in [2.05, 4.69) is 4.98 Å². The maximum absolute atomic E-state index is 12.6. The van der Waals surface area contributed by atoms with E-state index >= 15 is 0 Å². The van der Waals surface area contributed by atoms with Gasteiger partial charge in [-0.15, -0.1) is 0 Å². The summed E-state index contributed by atoms with van der Waals surface area (Å²) in [4.78, 5) is 29.0. The highest BCUT2D eigenvalue weighted by molar-refractivity contribution is 5.93. The van der Waals surface area contributed by atoms with Crippen LogP contribution in [0.25, 0.3) is 0 Å². The van der Waals surface area contributed by atoms with Crippen molar-refractivity contribution in [2.45, 2.75) is 38.7 Å². The van der Waals surface area contributed by atoms with Crippen molar-refractivity contribution in [3.05, 3.63) is 41.4 Å². The number of rotatable bonds is 5. The van der Waals surface area contributed by atoms with E-state index in [0.29, 0.717) is 5.56 Å². The van der Waals surface area contributed by atoms with Gasteiger partial charge in [0.1, 0.15) is 5.76 Å². The molecule has 0 spiro atoms. The molecule has 0 radical (unpaired) electrons. The summed E-state index contributed by atoms with van der Waals surface area (Å²) in [6.45, 7) is 5.01. The smallest absolute Gasteiger partial charge is 0.338 e. The topological polar surface area (TPSA) is 106 Å². The summed E-state index contributed by atoms with van der Waals surface area (Å²) in [7, 11) is 0. The molecule has 1 aromatic heterocycles. The van der Waals surface area contributed by atoms with Gasteiger partial charge in [0.2, 0.25) is 0 Å². The molecule has 0 saturated carbocycles. The van der Waals surface area contributed by atoms with E-state index < -0.39 is 29.4 Å². The molecule has 0 amide bonds. The quantitative estimate of drug-likeness (QED) is 0.782. The lowest BCUT2D eigenvalue weighted by atomic mass is 9.66. The van der Waals surface area contributed by atoms with E-state index in [1.807, 2.05) is 0 Å². The van der Waals surface area contributed by atoms with Crippen molar-refractivity contribution >= 4 is 11.9 Å². The first-order valence-corrected chi connectivity index (χ1v) is 8.21. The van der Waals surface area contributed by atoms with Gasteiger partial charge in [-0.1, -0.05) is 6.07 Å². The van der Waals surface area contributed by atoms with Crippen molar-refractivity contribution in [3.63, 3.8) is 0 Å². The van der Waals surface area contributed by atoms with Crippen molar-refractivity contribution in [3.8, 4) is 0 Å². The summed E-state index contributed by atoms with van der Waals surface area (Å²) >= 11 is 0. The predicted molar refractivity (Wildman–Crippen MR) is 88.6 cm³/mol. The number of carbonyl (C=O) groups excluding carboxylic acids is 2. The molecule has 2 N–H and O–H groups in total. The lowest BCUT2D eigenvalue weighted by Crippen LogP contribution is -2.49. The number of nitrogens with zero attached hydrogens (tertiary/aromatic N) is 1. The summed E-state index contributed by atoms with van der Waals surface area (Å²) in [6.07, 6.45) is 2.80.